The molecule has 3 aromatic carbocycles. The molecule has 13 heteroatoms. The van der Waals surface area contributed by atoms with Gasteiger partial charge >= 0.3 is 10.8 Å². The molecule has 1 fully saturated rings. The molecule has 0 unspecified atom stereocenters. The third-order valence-electron chi connectivity index (χ3n) is 7.22. The summed E-state index contributed by atoms with van der Waals surface area (Å²) in [5, 5.41) is 11.8. The highest BCUT2D eigenvalue weighted by Crippen LogP contribution is 2.54. The number of para-hydroxylation sites is 1. The number of carbonyl (C=O) groups excluding carboxylic acids is 4. The molecule has 2 aliphatic rings. The van der Waals surface area contributed by atoms with Crippen molar-refractivity contribution in [2.45, 2.75) is 23.1 Å². The Morgan fingerprint density at radius 2 is 1.70 bits per heavy atom. The second-order valence-electron chi connectivity index (χ2n) is 9.95. The lowest BCUT2D eigenvalue weighted by Gasteiger charge is -2.30. The number of ether oxygens (including phenoxy) is 2. The van der Waals surface area contributed by atoms with Crippen LogP contribution < -0.4 is 19.8 Å². The first-order valence-electron chi connectivity index (χ1n) is 13.6. The van der Waals surface area contributed by atoms with Gasteiger partial charge in [0.05, 0.1) is 28.8 Å². The van der Waals surface area contributed by atoms with E-state index in [4.69, 9.17) is 9.47 Å². The highest BCUT2D eigenvalue weighted by molar-refractivity contribution is 8.00. The van der Waals surface area contributed by atoms with E-state index in [9.17, 15) is 29.1 Å². The normalized spacial score (nSPS) is 18.8. The molecule has 3 amide bonds. The van der Waals surface area contributed by atoms with Gasteiger partial charge in [0.2, 0.25) is 11.8 Å². The fourth-order valence-electron chi connectivity index (χ4n) is 5.32. The third kappa shape index (κ3) is 5.47. The minimum atomic E-state index is -0.869. The van der Waals surface area contributed by atoms with Gasteiger partial charge in [0, 0.05) is 22.0 Å². The number of hydrogen-bond donors (Lipinski definition) is 3. The van der Waals surface area contributed by atoms with Gasteiger partial charge in [0.1, 0.15) is 16.7 Å². The van der Waals surface area contributed by atoms with Gasteiger partial charge in [-0.1, -0.05) is 41.3 Å². The van der Waals surface area contributed by atoms with Crippen LogP contribution in [0.15, 0.2) is 82.6 Å². The molecule has 0 saturated carbocycles. The van der Waals surface area contributed by atoms with E-state index in [2.05, 4.69) is 10.3 Å². The molecule has 6 rings (SSSR count). The van der Waals surface area contributed by atoms with Gasteiger partial charge < -0.3 is 24.9 Å². The number of anilines is 2. The number of carbonyl (C=O) groups is 4. The van der Waals surface area contributed by atoms with Gasteiger partial charge in [-0.2, -0.15) is 0 Å². The molecular formula is C31H25N3O8S2. The van der Waals surface area contributed by atoms with Crippen LogP contribution in [0.1, 0.15) is 33.6 Å². The number of aromatic amines is 1. The molecule has 2 aliphatic heterocycles. The smallest absolute Gasteiger partial charge is 0.338 e. The number of benzene rings is 3. The fraction of sp³-hybridized carbons (Fsp3) is 0.194. The Bertz CT molecular complexity index is 1820. The number of nitrogens with one attached hydrogen (secondary N) is 2. The Hall–Kier alpha value is -4.88. The zero-order chi connectivity index (χ0) is 31.0. The van der Waals surface area contributed by atoms with E-state index in [0.29, 0.717) is 38.2 Å². The van der Waals surface area contributed by atoms with Crippen LogP contribution in [-0.4, -0.2) is 52.2 Å². The van der Waals surface area contributed by atoms with E-state index in [1.165, 1.54) is 36.4 Å². The first-order valence-corrected chi connectivity index (χ1v) is 15.3. The van der Waals surface area contributed by atoms with Crippen molar-refractivity contribution in [3.8, 4) is 11.5 Å². The van der Waals surface area contributed by atoms with Crippen molar-refractivity contribution >= 4 is 58.2 Å². The predicted molar refractivity (Wildman–Crippen MR) is 163 cm³/mol. The molecule has 0 aliphatic carbocycles. The topological polar surface area (TPSA) is 155 Å². The van der Waals surface area contributed by atoms with E-state index in [1.807, 2.05) is 0 Å². The molecule has 1 aromatic heterocycles. The molecule has 0 bridgehead atoms. The number of thioether (sulfide) groups is 1. The summed E-state index contributed by atoms with van der Waals surface area (Å²) in [5.41, 5.74) is 1.63. The zero-order valence-corrected chi connectivity index (χ0v) is 24.8. The molecule has 3 N–H and O–H groups in total. The number of rotatable bonds is 8. The van der Waals surface area contributed by atoms with Gasteiger partial charge in [-0.15, -0.1) is 0 Å². The number of imide groups is 1. The number of aromatic nitrogens is 1. The van der Waals surface area contributed by atoms with Gasteiger partial charge in [0.15, 0.2) is 6.61 Å². The first-order chi connectivity index (χ1) is 21.2. The summed E-state index contributed by atoms with van der Waals surface area (Å²) in [6.07, 6.45) is 0. The highest BCUT2D eigenvalue weighted by Gasteiger charge is 2.56. The SMILES string of the molecule is CCOC(=O)c1ccc(N2C(=O)[C@H]3[C@H](c4ccccc4OCC(=O)Nc4ccc(O)cc4)c4sc(=O)[nH]c4S[C@H]3C2=O)cc1. The van der Waals surface area contributed by atoms with Crippen molar-refractivity contribution in [3.05, 3.63) is 98.5 Å². The van der Waals surface area contributed by atoms with Crippen LogP contribution in [0.3, 0.4) is 0 Å². The van der Waals surface area contributed by atoms with E-state index >= 15 is 0 Å². The number of aromatic hydroxyl groups is 1. The van der Waals surface area contributed by atoms with Crippen molar-refractivity contribution < 1.29 is 33.8 Å². The Kier molecular flexibility index (Phi) is 7.97. The van der Waals surface area contributed by atoms with Crippen molar-refractivity contribution in [1.82, 2.24) is 4.98 Å². The van der Waals surface area contributed by atoms with E-state index in [1.54, 1.807) is 43.3 Å². The lowest BCUT2D eigenvalue weighted by Crippen LogP contribution is -2.32. The lowest BCUT2D eigenvalue weighted by molar-refractivity contribution is -0.122. The molecule has 0 radical (unpaired) electrons. The highest BCUT2D eigenvalue weighted by atomic mass is 32.2. The summed E-state index contributed by atoms with van der Waals surface area (Å²) in [4.78, 5) is 69.3. The third-order valence-corrected chi connectivity index (χ3v) is 9.63. The summed E-state index contributed by atoms with van der Waals surface area (Å²) in [6, 6.07) is 19.0. The molecule has 3 heterocycles. The number of amides is 3. The molecule has 3 atom stereocenters. The second-order valence-corrected chi connectivity index (χ2v) is 12.1. The largest absolute Gasteiger partial charge is 0.508 e. The monoisotopic (exact) mass is 631 g/mol. The Morgan fingerprint density at radius 1 is 0.977 bits per heavy atom. The van der Waals surface area contributed by atoms with Crippen LogP contribution in [0, 0.1) is 5.92 Å². The number of phenols is 1. The molecule has 1 saturated heterocycles. The van der Waals surface area contributed by atoms with Gasteiger partial charge in [-0.3, -0.25) is 19.2 Å². The quantitative estimate of drug-likeness (QED) is 0.148. The molecular weight excluding hydrogens is 606 g/mol. The van der Waals surface area contributed by atoms with E-state index in [0.717, 1.165) is 28.0 Å². The van der Waals surface area contributed by atoms with Crippen LogP contribution >= 0.6 is 23.1 Å². The summed E-state index contributed by atoms with van der Waals surface area (Å²) in [5.74, 6) is -3.04. The van der Waals surface area contributed by atoms with Gasteiger partial charge in [0.25, 0.3) is 5.91 Å². The average Bonchev–Trinajstić information content (AvgIpc) is 3.51. The number of phenolic OH excluding ortho intramolecular Hbond substituents is 1. The van der Waals surface area contributed by atoms with Gasteiger partial charge in [-0.05, 0) is 61.5 Å². The fourth-order valence-corrected chi connectivity index (χ4v) is 7.83. The van der Waals surface area contributed by atoms with Crippen LogP contribution in [0.2, 0.25) is 0 Å². The van der Waals surface area contributed by atoms with Crippen LogP contribution in [-0.2, 0) is 19.1 Å². The summed E-state index contributed by atoms with van der Waals surface area (Å²) in [7, 11) is 0. The Labute approximate surface area is 258 Å². The average molecular weight is 632 g/mol. The number of esters is 1. The molecule has 44 heavy (non-hydrogen) atoms. The standard InChI is InChI=1S/C31H25N3O8S2/c1-2-41-30(39)16-7-11-18(12-8-16)34-28(37)24-23(25-27(33-31(40)44-25)43-26(24)29(34)38)20-5-3-4-6-21(20)42-15-22(36)32-17-9-13-19(35)14-10-17/h3-14,23-24,26,35H,2,15H2,1H3,(H,32,36)(H,33,40)/t23-,24-,26+/m0/s1. The van der Waals surface area contributed by atoms with Crippen molar-refractivity contribution in [3.63, 3.8) is 0 Å². The number of fused-ring (bicyclic) bond motifs is 2. The maximum atomic E-state index is 14.1. The zero-order valence-electron chi connectivity index (χ0n) is 23.1. The molecule has 11 nitrogen and oxygen atoms in total. The Morgan fingerprint density at radius 3 is 2.43 bits per heavy atom. The predicted octanol–water partition coefficient (Wildman–Crippen LogP) is 4.13. The molecule has 0 spiro atoms. The van der Waals surface area contributed by atoms with Gasteiger partial charge in [-0.25, -0.2) is 9.69 Å². The van der Waals surface area contributed by atoms with Crippen molar-refractivity contribution in [2.24, 2.45) is 5.92 Å². The summed E-state index contributed by atoms with van der Waals surface area (Å²) in [6.45, 7) is 1.56. The molecule has 4 aromatic rings. The minimum absolute atomic E-state index is 0.0655. The second kappa shape index (κ2) is 12.0. The van der Waals surface area contributed by atoms with Crippen LogP contribution in [0.5, 0.6) is 11.5 Å². The van der Waals surface area contributed by atoms with E-state index < -0.39 is 40.8 Å². The first kappa shape index (κ1) is 29.2. The minimum Gasteiger partial charge on any atom is -0.508 e. The number of H-pyrrole nitrogens is 1. The maximum absolute atomic E-state index is 14.1. The number of nitrogens with zero attached hydrogens (tertiary/aromatic N) is 1. The molecule has 224 valence electrons. The lowest BCUT2D eigenvalue weighted by atomic mass is 9.82. The van der Waals surface area contributed by atoms with Crippen molar-refractivity contribution in [1.29, 1.82) is 0 Å². The summed E-state index contributed by atoms with van der Waals surface area (Å²) >= 11 is 2.11. The number of thiazole rings is 1. The Balaban J connectivity index is 1.31. The maximum Gasteiger partial charge on any atom is 0.338 e. The van der Waals surface area contributed by atoms with Crippen molar-refractivity contribution in [2.75, 3.05) is 23.4 Å². The van der Waals surface area contributed by atoms with Crippen LogP contribution in [0.25, 0.3) is 0 Å². The van der Waals surface area contributed by atoms with E-state index in [-0.39, 0.29) is 23.8 Å². The number of hydrogen-bond acceptors (Lipinski definition) is 10. The summed E-state index contributed by atoms with van der Waals surface area (Å²) < 4.78 is 11.0. The van der Waals surface area contributed by atoms with Crippen LogP contribution in [0.4, 0.5) is 11.4 Å².